The van der Waals surface area contributed by atoms with Gasteiger partial charge in [0.2, 0.25) is 5.41 Å². The maximum Gasteiger partial charge on any atom is 0.215 e. The molecule has 1 unspecified atom stereocenters. The van der Waals surface area contributed by atoms with Gasteiger partial charge in [0.15, 0.2) is 11.9 Å². The van der Waals surface area contributed by atoms with Crippen LogP contribution in [0.2, 0.25) is 0 Å². The predicted octanol–water partition coefficient (Wildman–Crippen LogP) is 3.43. The average Bonchev–Trinajstić information content (AvgIpc) is 2.81. The van der Waals surface area contributed by atoms with Gasteiger partial charge < -0.3 is 4.74 Å². The third-order valence-corrected chi connectivity index (χ3v) is 4.34. The maximum atomic E-state index is 12.6. The molecule has 0 saturated carbocycles. The summed E-state index contributed by atoms with van der Waals surface area (Å²) in [6.45, 7) is 3.99. The van der Waals surface area contributed by atoms with E-state index in [1.165, 1.54) is 0 Å². The third-order valence-electron chi connectivity index (χ3n) is 4.34. The van der Waals surface area contributed by atoms with E-state index >= 15 is 0 Å². The minimum atomic E-state index is -1.55. The topological polar surface area (TPSA) is 73.9 Å². The summed E-state index contributed by atoms with van der Waals surface area (Å²) in [7, 11) is 0. The van der Waals surface area contributed by atoms with E-state index in [1.54, 1.807) is 0 Å². The Bertz CT molecular complexity index is 734. The molecule has 0 aromatic heterocycles. The molecule has 0 amide bonds. The largest absolute Gasteiger partial charge is 0.486 e. The molecular weight excluding hydrogens is 276 g/mol. The van der Waals surface area contributed by atoms with Gasteiger partial charge in [-0.05, 0) is 11.0 Å². The number of benzene rings is 1. The van der Waals surface area contributed by atoms with E-state index in [4.69, 9.17) is 4.74 Å². The van der Waals surface area contributed by atoms with Gasteiger partial charge in [0.05, 0.1) is 17.7 Å². The second kappa shape index (κ2) is 4.71. The van der Waals surface area contributed by atoms with Crippen LogP contribution in [0.15, 0.2) is 41.7 Å². The van der Waals surface area contributed by atoms with Crippen LogP contribution >= 0.6 is 0 Å². The van der Waals surface area contributed by atoms with Gasteiger partial charge in [-0.2, -0.15) is 10.5 Å². The molecule has 0 bridgehead atoms. The van der Waals surface area contributed by atoms with Crippen LogP contribution < -0.4 is 0 Å². The normalized spacial score (nSPS) is 24.9. The fourth-order valence-corrected chi connectivity index (χ4v) is 3.37. The molecule has 0 N–H and O–H groups in total. The minimum Gasteiger partial charge on any atom is -0.486 e. The second-order valence-electron chi connectivity index (χ2n) is 6.68. The van der Waals surface area contributed by atoms with E-state index in [0.29, 0.717) is 18.6 Å². The zero-order valence-electron chi connectivity index (χ0n) is 12.6. The van der Waals surface area contributed by atoms with Crippen molar-refractivity contribution < 1.29 is 9.53 Å². The van der Waals surface area contributed by atoms with E-state index in [1.807, 2.05) is 44.2 Å². The molecule has 110 valence electrons. The Kier molecular flexibility index (Phi) is 3.07. The molecule has 1 aliphatic carbocycles. The van der Waals surface area contributed by atoms with Gasteiger partial charge in [-0.15, -0.1) is 0 Å². The lowest BCUT2D eigenvalue weighted by molar-refractivity contribution is -0.118. The van der Waals surface area contributed by atoms with Crippen molar-refractivity contribution in [2.24, 2.45) is 10.8 Å². The summed E-state index contributed by atoms with van der Waals surface area (Å²) in [4.78, 5) is 12.6. The lowest BCUT2D eigenvalue weighted by Gasteiger charge is -2.29. The van der Waals surface area contributed by atoms with Crippen LogP contribution in [-0.4, -0.2) is 5.78 Å². The van der Waals surface area contributed by atoms with Crippen LogP contribution in [0.1, 0.15) is 38.4 Å². The Hall–Kier alpha value is -2.59. The summed E-state index contributed by atoms with van der Waals surface area (Å²) in [6.07, 6.45) is 0.163. The molecule has 0 radical (unpaired) electrons. The molecule has 0 saturated heterocycles. The molecule has 2 aliphatic rings. The molecule has 1 aromatic carbocycles. The number of allylic oxidation sites excluding steroid dienone is 1. The molecule has 1 aliphatic heterocycles. The van der Waals surface area contributed by atoms with Gasteiger partial charge >= 0.3 is 0 Å². The quantitative estimate of drug-likeness (QED) is 0.794. The lowest BCUT2D eigenvalue weighted by atomic mass is 9.68. The van der Waals surface area contributed by atoms with Gasteiger partial charge in [-0.3, -0.25) is 4.79 Å². The SMILES string of the molecule is CC1(C)CC(=O)C2=C(C1)OC(c1ccccc1)C2(C#N)C#N. The van der Waals surface area contributed by atoms with Gasteiger partial charge in [0.1, 0.15) is 5.76 Å². The zero-order chi connectivity index (χ0) is 16.0. The number of nitrogens with zero attached hydrogens (tertiary/aromatic N) is 2. The number of carbonyl (C=O) groups excluding carboxylic acids is 1. The number of carbonyl (C=O) groups is 1. The molecule has 1 heterocycles. The first kappa shape index (κ1) is 14.4. The van der Waals surface area contributed by atoms with Gasteiger partial charge in [-0.25, -0.2) is 0 Å². The number of nitriles is 2. The van der Waals surface area contributed by atoms with Crippen LogP contribution in [0.5, 0.6) is 0 Å². The number of hydrogen-bond acceptors (Lipinski definition) is 4. The van der Waals surface area contributed by atoms with Gasteiger partial charge in [0.25, 0.3) is 0 Å². The van der Waals surface area contributed by atoms with Crippen molar-refractivity contribution >= 4 is 5.78 Å². The summed E-state index contributed by atoms with van der Waals surface area (Å²) in [5.41, 5.74) is -0.751. The van der Waals surface area contributed by atoms with Crippen molar-refractivity contribution in [1.82, 2.24) is 0 Å². The first-order valence-electron chi connectivity index (χ1n) is 7.24. The number of rotatable bonds is 1. The van der Waals surface area contributed by atoms with Crippen molar-refractivity contribution in [3.8, 4) is 12.1 Å². The highest BCUT2D eigenvalue weighted by atomic mass is 16.5. The van der Waals surface area contributed by atoms with Crippen molar-refractivity contribution in [3.05, 3.63) is 47.2 Å². The highest BCUT2D eigenvalue weighted by molar-refractivity contribution is 6.00. The van der Waals surface area contributed by atoms with Crippen molar-refractivity contribution in [3.63, 3.8) is 0 Å². The van der Waals surface area contributed by atoms with Crippen molar-refractivity contribution in [2.45, 2.75) is 32.8 Å². The smallest absolute Gasteiger partial charge is 0.215 e. The van der Waals surface area contributed by atoms with Crippen LogP contribution in [0, 0.1) is 33.5 Å². The highest BCUT2D eigenvalue weighted by Crippen LogP contribution is 2.56. The van der Waals surface area contributed by atoms with Gasteiger partial charge in [-0.1, -0.05) is 44.2 Å². The van der Waals surface area contributed by atoms with Crippen LogP contribution in [-0.2, 0) is 9.53 Å². The monoisotopic (exact) mass is 292 g/mol. The average molecular weight is 292 g/mol. The molecular formula is C18H16N2O2. The van der Waals surface area contributed by atoms with Crippen molar-refractivity contribution in [1.29, 1.82) is 10.5 Å². The Labute approximate surface area is 129 Å². The Morgan fingerprint density at radius 1 is 1.14 bits per heavy atom. The first-order valence-corrected chi connectivity index (χ1v) is 7.24. The zero-order valence-corrected chi connectivity index (χ0v) is 12.6. The summed E-state index contributed by atoms with van der Waals surface area (Å²) >= 11 is 0. The summed E-state index contributed by atoms with van der Waals surface area (Å²) in [6, 6.07) is 13.3. The third kappa shape index (κ3) is 1.92. The summed E-state index contributed by atoms with van der Waals surface area (Å²) < 4.78 is 5.97. The molecule has 4 heteroatoms. The standard InChI is InChI=1S/C18H16N2O2/c1-17(2)8-13(21)15-14(9-17)22-16(18(15,10-19)11-20)12-6-4-3-5-7-12/h3-7,16H,8-9H2,1-2H3. The molecule has 3 rings (SSSR count). The van der Waals surface area contributed by atoms with E-state index in [0.717, 1.165) is 5.56 Å². The number of ether oxygens (including phenoxy) is 1. The van der Waals surface area contributed by atoms with E-state index in [2.05, 4.69) is 12.1 Å². The Morgan fingerprint density at radius 2 is 1.77 bits per heavy atom. The molecule has 1 atom stereocenters. The van der Waals surface area contributed by atoms with Crippen LogP contribution in [0.25, 0.3) is 0 Å². The van der Waals surface area contributed by atoms with Crippen molar-refractivity contribution in [2.75, 3.05) is 0 Å². The molecule has 22 heavy (non-hydrogen) atoms. The highest BCUT2D eigenvalue weighted by Gasteiger charge is 2.57. The second-order valence-corrected chi connectivity index (χ2v) is 6.68. The first-order chi connectivity index (χ1) is 10.4. The maximum absolute atomic E-state index is 12.6. The molecule has 0 fully saturated rings. The van der Waals surface area contributed by atoms with Crippen LogP contribution in [0.3, 0.4) is 0 Å². The Balaban J connectivity index is 2.15. The molecule has 4 nitrogen and oxygen atoms in total. The fourth-order valence-electron chi connectivity index (χ4n) is 3.37. The van der Waals surface area contributed by atoms with E-state index in [-0.39, 0.29) is 16.8 Å². The predicted molar refractivity (Wildman–Crippen MR) is 79.0 cm³/mol. The fraction of sp³-hybridized carbons (Fsp3) is 0.389. The van der Waals surface area contributed by atoms with Gasteiger partial charge in [0, 0.05) is 12.8 Å². The van der Waals surface area contributed by atoms with Crippen LogP contribution in [0.4, 0.5) is 0 Å². The molecule has 1 aromatic rings. The van der Waals surface area contributed by atoms with E-state index < -0.39 is 11.5 Å². The van der Waals surface area contributed by atoms with E-state index in [9.17, 15) is 15.3 Å². The summed E-state index contributed by atoms with van der Waals surface area (Å²) in [5, 5.41) is 19.4. The summed E-state index contributed by atoms with van der Waals surface area (Å²) in [5.74, 6) is 0.367. The minimum absolute atomic E-state index is 0.146. The number of Topliss-reactive ketones (excluding diaryl/α,β-unsaturated/α-hetero) is 1. The number of hydrogen-bond donors (Lipinski definition) is 0. The number of ketones is 1. The molecule has 0 spiro atoms. The lowest BCUT2D eigenvalue weighted by Crippen LogP contribution is -2.32. The Morgan fingerprint density at radius 3 is 2.36 bits per heavy atom.